The monoisotopic (exact) mass is 348 g/mol. The van der Waals surface area contributed by atoms with Crippen molar-refractivity contribution >= 4 is 50.5 Å². The number of hydrogen-bond donors (Lipinski definition) is 2. The Balaban J connectivity index is 3.19. The molecule has 2 N–H and O–H groups in total. The molecule has 0 spiro atoms. The van der Waals surface area contributed by atoms with Crippen LogP contribution in [0.1, 0.15) is 0 Å². The van der Waals surface area contributed by atoms with Crippen LogP contribution in [0.25, 0.3) is 0 Å². The van der Waals surface area contributed by atoms with Crippen LogP contribution in [-0.2, 0) is 10.0 Å². The van der Waals surface area contributed by atoms with Crippen molar-refractivity contribution in [2.45, 2.75) is 14.9 Å². The first-order valence-corrected chi connectivity index (χ1v) is 7.18. The fourth-order valence-corrected chi connectivity index (χ4v) is 2.74. The number of aliphatic hydroxyl groups is 1. The fourth-order valence-electron chi connectivity index (χ4n) is 1.11. The molecule has 0 aliphatic carbocycles. The molecule has 0 saturated carbocycles. The Kier molecular flexibility index (Phi) is 4.99. The summed E-state index contributed by atoms with van der Waals surface area (Å²) in [7, 11) is -4.41. The normalized spacial score (nSPS) is 14.1. The number of nitrogens with one attached hydrogen (secondary N) is 1. The van der Waals surface area contributed by atoms with Gasteiger partial charge in [0.15, 0.2) is 11.1 Å². The number of benzene rings is 1. The largest absolute Gasteiger partial charge is 0.373 e. The zero-order chi connectivity index (χ0) is 14.8. The van der Waals surface area contributed by atoms with Crippen LogP contribution in [0.4, 0.5) is 5.69 Å². The number of rotatable bonds is 4. The number of sulfonamides is 1. The molecule has 1 rings (SSSR count). The highest BCUT2D eigenvalue weighted by Crippen LogP contribution is 2.30. The molecule has 19 heavy (non-hydrogen) atoms. The summed E-state index contributed by atoms with van der Waals surface area (Å²) < 4.78 is 23.1. The average molecular weight is 350 g/mol. The molecule has 11 heteroatoms. The summed E-state index contributed by atoms with van der Waals surface area (Å²) in [4.78, 5) is 9.20. The van der Waals surface area contributed by atoms with Gasteiger partial charge in [-0.1, -0.05) is 46.9 Å². The summed E-state index contributed by atoms with van der Waals surface area (Å²) in [5.74, 6) is 0. The van der Waals surface area contributed by atoms with Crippen LogP contribution in [0.3, 0.4) is 0 Å². The zero-order valence-electron chi connectivity index (χ0n) is 8.96. The van der Waals surface area contributed by atoms with Gasteiger partial charge < -0.3 is 5.11 Å². The maximum Gasteiger partial charge on any atom is 0.289 e. The van der Waals surface area contributed by atoms with Gasteiger partial charge in [0, 0.05) is 6.07 Å². The minimum absolute atomic E-state index is 0.645. The number of hydrogen-bond acceptors (Lipinski definition) is 5. The van der Waals surface area contributed by atoms with E-state index in [1.807, 2.05) is 0 Å². The number of nitro benzene ring substituents is 1. The molecule has 0 amide bonds. The van der Waals surface area contributed by atoms with Crippen LogP contribution in [0.15, 0.2) is 29.2 Å². The minimum atomic E-state index is -4.41. The molecule has 1 atom stereocenters. The summed E-state index contributed by atoms with van der Waals surface area (Å²) in [6.07, 6.45) is -2.05. The first-order valence-electron chi connectivity index (χ1n) is 4.56. The van der Waals surface area contributed by atoms with Gasteiger partial charge in [0.1, 0.15) is 0 Å². The van der Waals surface area contributed by atoms with Gasteiger partial charge in [0.25, 0.3) is 5.69 Å². The lowest BCUT2D eigenvalue weighted by atomic mass is 10.3. The highest BCUT2D eigenvalue weighted by molar-refractivity contribution is 7.89. The smallest absolute Gasteiger partial charge is 0.289 e. The highest BCUT2D eigenvalue weighted by atomic mass is 35.6. The molecular formula is C8H7Cl3N2O5S. The van der Waals surface area contributed by atoms with Crippen molar-refractivity contribution in [3.8, 4) is 0 Å². The Morgan fingerprint density at radius 2 is 1.84 bits per heavy atom. The van der Waals surface area contributed by atoms with Crippen LogP contribution in [0.2, 0.25) is 0 Å². The standard InChI is InChI=1S/C8H7Cl3N2O5S/c9-8(10,11)7(14)12-19(17,18)6-4-2-1-3-5(6)13(15)16/h1-4,7,12,14H. The molecule has 7 nitrogen and oxygen atoms in total. The maximum atomic E-state index is 11.9. The molecule has 0 heterocycles. The second-order valence-electron chi connectivity index (χ2n) is 3.29. The number of aliphatic hydroxyl groups excluding tert-OH is 1. The number of nitrogens with zero attached hydrogens (tertiary/aromatic N) is 1. The predicted octanol–water partition coefficient (Wildman–Crippen LogP) is 1.56. The molecule has 0 radical (unpaired) electrons. The number of para-hydroxylation sites is 1. The van der Waals surface area contributed by atoms with Crippen molar-refractivity contribution < 1.29 is 18.4 Å². The van der Waals surface area contributed by atoms with Gasteiger partial charge in [-0.15, -0.1) is 0 Å². The Labute approximate surface area is 123 Å². The van der Waals surface area contributed by atoms with Crippen LogP contribution in [-0.4, -0.2) is 28.5 Å². The molecule has 0 saturated heterocycles. The van der Waals surface area contributed by atoms with Gasteiger partial charge in [0.2, 0.25) is 13.8 Å². The van der Waals surface area contributed by atoms with Crippen molar-refractivity contribution in [2.75, 3.05) is 0 Å². The molecule has 1 aromatic rings. The van der Waals surface area contributed by atoms with Crippen LogP contribution in [0.5, 0.6) is 0 Å². The summed E-state index contributed by atoms with van der Waals surface area (Å²) in [6.45, 7) is 0. The second kappa shape index (κ2) is 5.78. The molecule has 1 unspecified atom stereocenters. The fraction of sp³-hybridized carbons (Fsp3) is 0.250. The molecule has 0 aliphatic heterocycles. The Morgan fingerprint density at radius 1 is 1.32 bits per heavy atom. The van der Waals surface area contributed by atoms with E-state index in [-0.39, 0.29) is 0 Å². The van der Waals surface area contributed by atoms with Crippen LogP contribution >= 0.6 is 34.8 Å². The maximum absolute atomic E-state index is 11.9. The van der Waals surface area contributed by atoms with E-state index in [4.69, 9.17) is 34.8 Å². The molecule has 0 bridgehead atoms. The van der Waals surface area contributed by atoms with Crippen LogP contribution < -0.4 is 4.72 Å². The second-order valence-corrected chi connectivity index (χ2v) is 7.34. The Hall–Kier alpha value is -0.640. The Morgan fingerprint density at radius 3 is 2.32 bits per heavy atom. The highest BCUT2D eigenvalue weighted by Gasteiger charge is 2.36. The molecule has 0 aromatic heterocycles. The van der Waals surface area contributed by atoms with E-state index < -0.39 is 35.5 Å². The third kappa shape index (κ3) is 4.16. The van der Waals surface area contributed by atoms with Gasteiger partial charge in [0.05, 0.1) is 4.92 Å². The SMILES string of the molecule is O=[N+]([O-])c1ccccc1S(=O)(=O)NC(O)C(Cl)(Cl)Cl. The molecular weight excluding hydrogens is 343 g/mol. The van der Waals surface area contributed by atoms with Gasteiger partial charge in [-0.3, -0.25) is 10.1 Å². The van der Waals surface area contributed by atoms with Crippen molar-refractivity contribution in [3.63, 3.8) is 0 Å². The predicted molar refractivity (Wildman–Crippen MR) is 69.7 cm³/mol. The van der Waals surface area contributed by atoms with E-state index in [1.165, 1.54) is 12.1 Å². The summed E-state index contributed by atoms with van der Waals surface area (Å²) in [5.41, 5.74) is -0.661. The molecule has 106 valence electrons. The quantitative estimate of drug-likeness (QED) is 0.371. The Bertz CT molecular complexity index is 586. The third-order valence-corrected chi connectivity index (χ3v) is 4.01. The zero-order valence-corrected chi connectivity index (χ0v) is 12.0. The summed E-state index contributed by atoms with van der Waals surface area (Å²) in [6, 6.07) is 4.56. The topological polar surface area (TPSA) is 110 Å². The molecule has 1 aromatic carbocycles. The van der Waals surface area contributed by atoms with Crippen molar-refractivity contribution in [3.05, 3.63) is 34.4 Å². The number of halogens is 3. The minimum Gasteiger partial charge on any atom is -0.373 e. The first kappa shape index (κ1) is 16.4. The van der Waals surface area contributed by atoms with Crippen molar-refractivity contribution in [1.29, 1.82) is 0 Å². The van der Waals surface area contributed by atoms with Gasteiger partial charge in [-0.25, -0.2) is 8.42 Å². The lowest BCUT2D eigenvalue weighted by molar-refractivity contribution is -0.387. The number of nitro groups is 1. The lowest BCUT2D eigenvalue weighted by Gasteiger charge is -2.19. The van der Waals surface area contributed by atoms with E-state index in [1.54, 1.807) is 4.72 Å². The van der Waals surface area contributed by atoms with Crippen LogP contribution in [0, 0.1) is 10.1 Å². The number of alkyl halides is 3. The average Bonchev–Trinajstić information content (AvgIpc) is 2.27. The molecule has 0 aliphatic rings. The van der Waals surface area contributed by atoms with E-state index in [9.17, 15) is 23.6 Å². The van der Waals surface area contributed by atoms with Crippen molar-refractivity contribution in [1.82, 2.24) is 4.72 Å². The van der Waals surface area contributed by atoms with E-state index in [2.05, 4.69) is 0 Å². The first-order chi connectivity index (χ1) is 8.55. The van der Waals surface area contributed by atoms with E-state index in [0.29, 0.717) is 0 Å². The van der Waals surface area contributed by atoms with E-state index in [0.717, 1.165) is 12.1 Å². The summed E-state index contributed by atoms with van der Waals surface area (Å²) in [5, 5.41) is 20.1. The van der Waals surface area contributed by atoms with Gasteiger partial charge >= 0.3 is 0 Å². The summed E-state index contributed by atoms with van der Waals surface area (Å²) >= 11 is 15.9. The van der Waals surface area contributed by atoms with Gasteiger partial charge in [-0.2, -0.15) is 4.72 Å². The van der Waals surface area contributed by atoms with Crippen molar-refractivity contribution in [2.24, 2.45) is 0 Å². The third-order valence-electron chi connectivity index (χ3n) is 1.93. The van der Waals surface area contributed by atoms with Gasteiger partial charge in [-0.05, 0) is 6.07 Å². The molecule has 0 fully saturated rings. The van der Waals surface area contributed by atoms with E-state index >= 15 is 0 Å². The lowest BCUT2D eigenvalue weighted by Crippen LogP contribution is -2.43.